The Balaban J connectivity index is 2.33. The lowest BCUT2D eigenvalue weighted by Gasteiger charge is -2.00. The van der Waals surface area contributed by atoms with E-state index in [1.807, 2.05) is 31.2 Å². The van der Waals surface area contributed by atoms with Crippen LogP contribution in [-0.2, 0) is 0 Å². The first-order valence-electron chi connectivity index (χ1n) is 5.99. The minimum Gasteiger partial charge on any atom is -0.296 e. The maximum absolute atomic E-state index is 11.4. The number of benzene rings is 1. The number of aldehydes is 1. The van der Waals surface area contributed by atoms with E-state index in [-0.39, 0.29) is 0 Å². The van der Waals surface area contributed by atoms with Crippen molar-refractivity contribution in [2.75, 3.05) is 0 Å². The number of aromatic nitrogens is 2. The number of carbonyl (C=O) groups excluding carboxylic acids is 1. The number of carbonyl (C=O) groups is 1. The summed E-state index contributed by atoms with van der Waals surface area (Å²) in [5.74, 6) is 0. The van der Waals surface area contributed by atoms with Gasteiger partial charge in [0, 0.05) is 11.8 Å². The quantitative estimate of drug-likeness (QED) is 0.656. The summed E-state index contributed by atoms with van der Waals surface area (Å²) < 4.78 is 1.62. The molecule has 0 saturated carbocycles. The maximum Gasteiger partial charge on any atom is 0.169 e. The first-order valence-corrected chi connectivity index (χ1v) is 6.75. The van der Waals surface area contributed by atoms with Gasteiger partial charge in [0.15, 0.2) is 11.9 Å². The van der Waals surface area contributed by atoms with Gasteiger partial charge < -0.3 is 0 Å². The van der Waals surface area contributed by atoms with Crippen molar-refractivity contribution in [3.8, 4) is 11.3 Å². The summed E-state index contributed by atoms with van der Waals surface area (Å²) in [6, 6.07) is 9.42. The summed E-state index contributed by atoms with van der Waals surface area (Å²) in [7, 11) is 0. The molecule has 0 aliphatic rings. The van der Waals surface area contributed by atoms with E-state index in [4.69, 9.17) is 23.2 Å². The van der Waals surface area contributed by atoms with Crippen LogP contribution in [-0.4, -0.2) is 15.7 Å². The van der Waals surface area contributed by atoms with Gasteiger partial charge in [0.2, 0.25) is 0 Å². The Morgan fingerprint density at radius 3 is 2.55 bits per heavy atom. The normalized spacial score (nSPS) is 10.9. The fraction of sp³-hybridized carbons (Fsp3) is 0.0667. The van der Waals surface area contributed by atoms with Crippen molar-refractivity contribution in [3.63, 3.8) is 0 Å². The van der Waals surface area contributed by atoms with Crippen molar-refractivity contribution < 1.29 is 4.79 Å². The second kappa shape index (κ2) is 4.93. The van der Waals surface area contributed by atoms with Gasteiger partial charge in [-0.05, 0) is 13.0 Å². The fourth-order valence-corrected chi connectivity index (χ4v) is 2.64. The molecule has 0 N–H and O–H groups in total. The maximum atomic E-state index is 11.4. The van der Waals surface area contributed by atoms with E-state index in [0.29, 0.717) is 27.1 Å². The Morgan fingerprint density at radius 2 is 1.90 bits per heavy atom. The van der Waals surface area contributed by atoms with Crippen LogP contribution in [0.25, 0.3) is 16.9 Å². The zero-order valence-electron chi connectivity index (χ0n) is 10.6. The molecule has 3 rings (SSSR count). The summed E-state index contributed by atoms with van der Waals surface area (Å²) in [5.41, 5.74) is 3.57. The predicted octanol–water partition coefficient (Wildman–Crippen LogP) is 4.43. The molecule has 0 aliphatic carbocycles. The number of hydrogen-bond acceptors (Lipinski definition) is 2. The summed E-state index contributed by atoms with van der Waals surface area (Å²) in [6.07, 6.45) is 2.40. The SMILES string of the molecule is Cc1ccc(-c2nc3c(Cl)cc(Cl)cn3c2C=O)cc1. The van der Waals surface area contributed by atoms with Crippen LogP contribution in [0.4, 0.5) is 0 Å². The van der Waals surface area contributed by atoms with Gasteiger partial charge in [-0.25, -0.2) is 4.98 Å². The van der Waals surface area contributed by atoms with E-state index >= 15 is 0 Å². The van der Waals surface area contributed by atoms with Crippen LogP contribution in [0.1, 0.15) is 16.1 Å². The van der Waals surface area contributed by atoms with Gasteiger partial charge in [0.25, 0.3) is 0 Å². The van der Waals surface area contributed by atoms with E-state index in [9.17, 15) is 4.79 Å². The smallest absolute Gasteiger partial charge is 0.169 e. The molecule has 0 unspecified atom stereocenters. The Bertz CT molecular complexity index is 807. The molecule has 0 radical (unpaired) electrons. The molecule has 20 heavy (non-hydrogen) atoms. The molecule has 0 aliphatic heterocycles. The molecule has 1 aromatic carbocycles. The molecule has 3 nitrogen and oxygen atoms in total. The lowest BCUT2D eigenvalue weighted by molar-refractivity contribution is 0.111. The standard InChI is InChI=1S/C15H10Cl2N2O/c1-9-2-4-10(5-3-9)14-13(8-20)19-7-11(16)6-12(17)15(19)18-14/h2-8H,1H3. The first kappa shape index (κ1) is 13.2. The molecule has 0 atom stereocenters. The topological polar surface area (TPSA) is 34.4 Å². The van der Waals surface area contributed by atoms with Crippen LogP contribution in [0.15, 0.2) is 36.5 Å². The summed E-state index contributed by atoms with van der Waals surface area (Å²) >= 11 is 12.1. The second-order valence-electron chi connectivity index (χ2n) is 4.53. The predicted molar refractivity (Wildman–Crippen MR) is 80.8 cm³/mol. The van der Waals surface area contributed by atoms with E-state index < -0.39 is 0 Å². The van der Waals surface area contributed by atoms with E-state index in [1.54, 1.807) is 16.7 Å². The summed E-state index contributed by atoms with van der Waals surface area (Å²) in [5, 5.41) is 0.873. The van der Waals surface area contributed by atoms with Crippen LogP contribution in [0.2, 0.25) is 10.0 Å². The van der Waals surface area contributed by atoms with Crippen molar-refractivity contribution in [1.82, 2.24) is 9.38 Å². The van der Waals surface area contributed by atoms with Gasteiger partial charge in [-0.3, -0.25) is 9.20 Å². The minimum atomic E-state index is 0.416. The average Bonchev–Trinajstić information content (AvgIpc) is 2.78. The van der Waals surface area contributed by atoms with Gasteiger partial charge in [-0.2, -0.15) is 0 Å². The molecule has 2 aromatic heterocycles. The summed E-state index contributed by atoms with van der Waals surface area (Å²) in [6.45, 7) is 2.00. The molecule has 0 amide bonds. The van der Waals surface area contributed by atoms with Crippen LogP contribution in [0, 0.1) is 6.92 Å². The van der Waals surface area contributed by atoms with Crippen LogP contribution in [0.3, 0.4) is 0 Å². The zero-order chi connectivity index (χ0) is 14.3. The summed E-state index contributed by atoms with van der Waals surface area (Å²) in [4.78, 5) is 15.9. The van der Waals surface area contributed by atoms with E-state index in [1.165, 1.54) is 0 Å². The number of aryl methyl sites for hydroxylation is 1. The lowest BCUT2D eigenvalue weighted by Crippen LogP contribution is -1.92. The van der Waals surface area contributed by atoms with E-state index in [0.717, 1.165) is 17.4 Å². The molecular formula is C15H10Cl2N2O. The highest BCUT2D eigenvalue weighted by atomic mass is 35.5. The molecule has 3 aromatic rings. The third-order valence-electron chi connectivity index (χ3n) is 3.12. The highest BCUT2D eigenvalue weighted by Gasteiger charge is 2.15. The lowest BCUT2D eigenvalue weighted by atomic mass is 10.1. The third-order valence-corrected chi connectivity index (χ3v) is 3.60. The number of fused-ring (bicyclic) bond motifs is 1. The van der Waals surface area contributed by atoms with Crippen LogP contribution >= 0.6 is 23.2 Å². The van der Waals surface area contributed by atoms with Crippen molar-refractivity contribution in [2.24, 2.45) is 0 Å². The van der Waals surface area contributed by atoms with Crippen molar-refractivity contribution >= 4 is 35.1 Å². The Kier molecular flexibility index (Phi) is 3.24. The minimum absolute atomic E-state index is 0.416. The highest BCUT2D eigenvalue weighted by molar-refractivity contribution is 6.36. The number of imidazole rings is 1. The molecule has 100 valence electrons. The van der Waals surface area contributed by atoms with Crippen LogP contribution < -0.4 is 0 Å². The zero-order valence-corrected chi connectivity index (χ0v) is 12.1. The van der Waals surface area contributed by atoms with Gasteiger partial charge in [0.1, 0.15) is 11.4 Å². The largest absolute Gasteiger partial charge is 0.296 e. The Labute approximate surface area is 125 Å². The van der Waals surface area contributed by atoms with Crippen LogP contribution in [0.5, 0.6) is 0 Å². The van der Waals surface area contributed by atoms with Gasteiger partial charge in [0.05, 0.1) is 10.0 Å². The Hall–Kier alpha value is -1.84. The molecular weight excluding hydrogens is 295 g/mol. The van der Waals surface area contributed by atoms with Gasteiger partial charge >= 0.3 is 0 Å². The van der Waals surface area contributed by atoms with Gasteiger partial charge in [-0.15, -0.1) is 0 Å². The van der Waals surface area contributed by atoms with E-state index in [2.05, 4.69) is 4.98 Å². The highest BCUT2D eigenvalue weighted by Crippen LogP contribution is 2.29. The number of halogens is 2. The number of rotatable bonds is 2. The number of pyridine rings is 1. The molecule has 0 spiro atoms. The average molecular weight is 305 g/mol. The fourth-order valence-electron chi connectivity index (χ4n) is 2.13. The van der Waals surface area contributed by atoms with Crippen molar-refractivity contribution in [2.45, 2.75) is 6.92 Å². The molecule has 0 bridgehead atoms. The second-order valence-corrected chi connectivity index (χ2v) is 5.37. The van der Waals surface area contributed by atoms with Crippen molar-refractivity contribution in [3.05, 3.63) is 57.8 Å². The third kappa shape index (κ3) is 2.09. The number of nitrogens with zero attached hydrogens (tertiary/aromatic N) is 2. The molecule has 0 saturated heterocycles. The number of hydrogen-bond donors (Lipinski definition) is 0. The monoisotopic (exact) mass is 304 g/mol. The molecule has 2 heterocycles. The molecule has 0 fully saturated rings. The van der Waals surface area contributed by atoms with Crippen molar-refractivity contribution in [1.29, 1.82) is 0 Å². The Morgan fingerprint density at radius 1 is 1.20 bits per heavy atom. The van der Waals surface area contributed by atoms with Gasteiger partial charge in [-0.1, -0.05) is 53.0 Å². The first-order chi connectivity index (χ1) is 9.60. The molecule has 5 heteroatoms.